The van der Waals surface area contributed by atoms with Crippen molar-refractivity contribution >= 4 is 22.8 Å². The Hall–Kier alpha value is -2.82. The molecule has 3 rings (SSSR count). The molecule has 1 aromatic heterocycles. The Kier molecular flexibility index (Phi) is 3.78. The van der Waals surface area contributed by atoms with Crippen molar-refractivity contribution in [3.05, 3.63) is 48.5 Å². The van der Waals surface area contributed by atoms with Crippen LogP contribution < -0.4 is 10.6 Å². The topological polar surface area (TPSA) is 67.2 Å². The third-order valence-electron chi connectivity index (χ3n) is 3.15. The largest absolute Gasteiger partial charge is 0.436 e. The van der Waals surface area contributed by atoms with Crippen LogP contribution in [0.5, 0.6) is 0 Å². The molecule has 0 spiro atoms. The van der Waals surface area contributed by atoms with Crippen LogP contribution in [-0.4, -0.2) is 16.6 Å². The zero-order valence-corrected chi connectivity index (χ0v) is 13.4. The van der Waals surface area contributed by atoms with Crippen LogP contribution in [0, 0.1) is 0 Å². The third-order valence-corrected chi connectivity index (χ3v) is 3.15. The number of para-hydroxylation sites is 2. The maximum atomic E-state index is 12.0. The van der Waals surface area contributed by atoms with Crippen molar-refractivity contribution in [1.29, 1.82) is 0 Å². The quantitative estimate of drug-likeness (QED) is 0.736. The van der Waals surface area contributed by atoms with Gasteiger partial charge in [0.15, 0.2) is 5.58 Å². The molecule has 0 aliphatic rings. The van der Waals surface area contributed by atoms with Gasteiger partial charge in [-0.05, 0) is 51.1 Å². The molecular formula is C18H19N3O2. The number of benzene rings is 2. The summed E-state index contributed by atoms with van der Waals surface area (Å²) in [6, 6.07) is 14.8. The second kappa shape index (κ2) is 5.76. The Morgan fingerprint density at radius 1 is 1.09 bits per heavy atom. The summed E-state index contributed by atoms with van der Waals surface area (Å²) in [6.45, 7) is 5.80. The Balaban J connectivity index is 1.83. The number of rotatable bonds is 2. The van der Waals surface area contributed by atoms with Crippen molar-refractivity contribution in [2.45, 2.75) is 26.3 Å². The van der Waals surface area contributed by atoms with E-state index in [1.807, 2.05) is 69.3 Å². The van der Waals surface area contributed by atoms with E-state index in [1.54, 1.807) is 0 Å². The number of anilines is 1. The maximum Gasteiger partial charge on any atom is 0.319 e. The zero-order valence-electron chi connectivity index (χ0n) is 13.4. The summed E-state index contributed by atoms with van der Waals surface area (Å²) in [5.41, 5.74) is 2.76. The summed E-state index contributed by atoms with van der Waals surface area (Å²) in [5.74, 6) is 0.533. The van der Waals surface area contributed by atoms with E-state index in [9.17, 15) is 4.79 Å². The fraction of sp³-hybridized carbons (Fsp3) is 0.222. The Morgan fingerprint density at radius 2 is 1.87 bits per heavy atom. The molecule has 0 aliphatic heterocycles. The third kappa shape index (κ3) is 3.69. The van der Waals surface area contributed by atoms with Gasteiger partial charge in [-0.2, -0.15) is 0 Å². The molecule has 0 unspecified atom stereocenters. The molecule has 23 heavy (non-hydrogen) atoms. The molecule has 3 aromatic rings. The van der Waals surface area contributed by atoms with Gasteiger partial charge in [-0.15, -0.1) is 0 Å². The van der Waals surface area contributed by atoms with Crippen molar-refractivity contribution < 1.29 is 9.21 Å². The minimum Gasteiger partial charge on any atom is -0.436 e. The van der Waals surface area contributed by atoms with E-state index in [0.717, 1.165) is 16.7 Å². The summed E-state index contributed by atoms with van der Waals surface area (Å²) < 4.78 is 5.76. The highest BCUT2D eigenvalue weighted by Crippen LogP contribution is 2.26. The van der Waals surface area contributed by atoms with Gasteiger partial charge in [-0.3, -0.25) is 0 Å². The molecule has 0 radical (unpaired) electrons. The lowest BCUT2D eigenvalue weighted by atomic mass is 10.1. The van der Waals surface area contributed by atoms with E-state index in [4.69, 9.17) is 4.42 Å². The minimum atomic E-state index is -0.290. The number of carbonyl (C=O) groups is 1. The van der Waals surface area contributed by atoms with E-state index in [1.165, 1.54) is 0 Å². The molecule has 5 heteroatoms. The number of hydrogen-bond acceptors (Lipinski definition) is 3. The molecule has 5 nitrogen and oxygen atoms in total. The molecule has 1 heterocycles. The number of carbonyl (C=O) groups excluding carboxylic acids is 1. The lowest BCUT2D eigenvalue weighted by Gasteiger charge is -2.20. The molecule has 0 fully saturated rings. The number of aromatic nitrogens is 1. The molecule has 0 aliphatic carbocycles. The second-order valence-corrected chi connectivity index (χ2v) is 6.40. The average Bonchev–Trinajstić information content (AvgIpc) is 2.89. The molecular weight excluding hydrogens is 290 g/mol. The average molecular weight is 309 g/mol. The first kappa shape index (κ1) is 15.1. The van der Waals surface area contributed by atoms with Crippen LogP contribution in [0.2, 0.25) is 0 Å². The summed E-state index contributed by atoms with van der Waals surface area (Å²) in [5, 5.41) is 5.68. The van der Waals surface area contributed by atoms with Crippen LogP contribution in [0.1, 0.15) is 20.8 Å². The molecule has 2 aromatic carbocycles. The molecule has 0 saturated carbocycles. The number of nitrogens with one attached hydrogen (secondary N) is 2. The molecule has 118 valence electrons. The van der Waals surface area contributed by atoms with E-state index in [-0.39, 0.29) is 11.6 Å². The predicted octanol–water partition coefficient (Wildman–Crippen LogP) is 4.41. The highest BCUT2D eigenvalue weighted by atomic mass is 16.3. The summed E-state index contributed by atoms with van der Waals surface area (Å²) in [7, 11) is 0. The highest BCUT2D eigenvalue weighted by molar-refractivity contribution is 5.90. The Labute approximate surface area is 134 Å². The van der Waals surface area contributed by atoms with Gasteiger partial charge in [-0.25, -0.2) is 9.78 Å². The van der Waals surface area contributed by atoms with Crippen molar-refractivity contribution in [2.75, 3.05) is 5.32 Å². The first-order chi connectivity index (χ1) is 10.9. The number of nitrogens with zero attached hydrogens (tertiary/aromatic N) is 1. The van der Waals surface area contributed by atoms with Gasteiger partial charge < -0.3 is 15.1 Å². The van der Waals surface area contributed by atoms with Gasteiger partial charge in [0.1, 0.15) is 5.52 Å². The van der Waals surface area contributed by atoms with E-state index >= 15 is 0 Å². The first-order valence-corrected chi connectivity index (χ1v) is 7.46. The number of fused-ring (bicyclic) bond motifs is 1. The Morgan fingerprint density at radius 3 is 2.61 bits per heavy atom. The van der Waals surface area contributed by atoms with Gasteiger partial charge in [0.05, 0.1) is 0 Å². The number of amides is 2. The van der Waals surface area contributed by atoms with E-state index in [2.05, 4.69) is 15.6 Å². The number of urea groups is 1. The fourth-order valence-electron chi connectivity index (χ4n) is 2.23. The van der Waals surface area contributed by atoms with Crippen LogP contribution in [0.15, 0.2) is 52.9 Å². The van der Waals surface area contributed by atoms with Crippen LogP contribution in [0.4, 0.5) is 10.5 Å². The van der Waals surface area contributed by atoms with Crippen molar-refractivity contribution in [1.82, 2.24) is 10.3 Å². The monoisotopic (exact) mass is 309 g/mol. The van der Waals surface area contributed by atoms with Gasteiger partial charge in [-0.1, -0.05) is 18.2 Å². The fourth-order valence-corrected chi connectivity index (χ4v) is 2.23. The van der Waals surface area contributed by atoms with Crippen LogP contribution >= 0.6 is 0 Å². The lowest BCUT2D eigenvalue weighted by Crippen LogP contribution is -2.43. The van der Waals surface area contributed by atoms with Crippen molar-refractivity contribution in [2.24, 2.45) is 0 Å². The summed E-state index contributed by atoms with van der Waals surface area (Å²) in [6.07, 6.45) is 0. The molecule has 0 saturated heterocycles. The molecule has 0 bridgehead atoms. The Bertz CT molecular complexity index is 814. The van der Waals surface area contributed by atoms with Crippen LogP contribution in [0.25, 0.3) is 22.6 Å². The van der Waals surface area contributed by atoms with E-state index in [0.29, 0.717) is 11.6 Å². The lowest BCUT2D eigenvalue weighted by molar-refractivity contribution is 0.244. The SMILES string of the molecule is CC(C)(C)NC(=O)Nc1cccc(-c2nc3ccccc3o2)c1. The zero-order chi connectivity index (χ0) is 16.4. The number of oxazole rings is 1. The van der Waals surface area contributed by atoms with Gasteiger partial charge in [0, 0.05) is 16.8 Å². The second-order valence-electron chi connectivity index (χ2n) is 6.40. The standard InChI is InChI=1S/C18H19N3O2/c1-18(2,3)21-17(22)19-13-8-6-7-12(11-13)16-20-14-9-4-5-10-15(14)23-16/h4-11H,1-3H3,(H2,19,21,22). The van der Waals surface area contributed by atoms with Crippen molar-refractivity contribution in [3.8, 4) is 11.5 Å². The van der Waals surface area contributed by atoms with Crippen LogP contribution in [-0.2, 0) is 0 Å². The first-order valence-electron chi connectivity index (χ1n) is 7.46. The smallest absolute Gasteiger partial charge is 0.319 e. The summed E-state index contributed by atoms with van der Waals surface area (Å²) >= 11 is 0. The minimum absolute atomic E-state index is 0.243. The van der Waals surface area contributed by atoms with Gasteiger partial charge in [0.2, 0.25) is 5.89 Å². The normalized spacial score (nSPS) is 11.4. The van der Waals surface area contributed by atoms with Crippen LogP contribution in [0.3, 0.4) is 0 Å². The molecule has 2 N–H and O–H groups in total. The van der Waals surface area contributed by atoms with Crippen molar-refractivity contribution in [3.63, 3.8) is 0 Å². The maximum absolute atomic E-state index is 12.0. The molecule has 2 amide bonds. The summed E-state index contributed by atoms with van der Waals surface area (Å²) in [4.78, 5) is 16.4. The number of hydrogen-bond donors (Lipinski definition) is 2. The van der Waals surface area contributed by atoms with E-state index < -0.39 is 0 Å². The van der Waals surface area contributed by atoms with Gasteiger partial charge >= 0.3 is 6.03 Å². The highest BCUT2D eigenvalue weighted by Gasteiger charge is 2.14. The van der Waals surface area contributed by atoms with Gasteiger partial charge in [0.25, 0.3) is 0 Å². The predicted molar refractivity (Wildman–Crippen MR) is 91.4 cm³/mol. The molecule has 0 atom stereocenters.